The molecule has 3 nitrogen and oxygen atoms in total. The van der Waals surface area contributed by atoms with Gasteiger partial charge in [-0.3, -0.25) is 9.69 Å². The van der Waals surface area contributed by atoms with Gasteiger partial charge in [0, 0.05) is 22.6 Å². The van der Waals surface area contributed by atoms with Crippen molar-refractivity contribution in [1.29, 1.82) is 0 Å². The van der Waals surface area contributed by atoms with Gasteiger partial charge in [0.25, 0.3) is 0 Å². The third-order valence-corrected chi connectivity index (χ3v) is 4.02. The summed E-state index contributed by atoms with van der Waals surface area (Å²) in [6, 6.07) is 4.75. The first kappa shape index (κ1) is 13.5. The maximum atomic E-state index is 13.8. The van der Waals surface area contributed by atoms with Crippen LogP contribution in [0.25, 0.3) is 0 Å². The van der Waals surface area contributed by atoms with Gasteiger partial charge in [-0.15, -0.1) is 0 Å². The number of aliphatic carboxylic acids is 1. The molecule has 0 saturated carbocycles. The lowest BCUT2D eigenvalue weighted by Gasteiger charge is -2.24. The van der Waals surface area contributed by atoms with Gasteiger partial charge in [0.05, 0.1) is 5.92 Å². The normalized spacial score (nSPS) is 22.1. The van der Waals surface area contributed by atoms with Gasteiger partial charge in [0.2, 0.25) is 0 Å². The van der Waals surface area contributed by atoms with E-state index >= 15 is 0 Å². The Balaban J connectivity index is 2.15. The summed E-state index contributed by atoms with van der Waals surface area (Å²) < 4.78 is 14.6. The number of likely N-dealkylation sites (tertiary alicyclic amines) is 1. The number of hydrogen-bond donors (Lipinski definition) is 1. The average Bonchev–Trinajstić information content (AvgIpc) is 2.81. The molecule has 1 aliphatic rings. The second-order valence-corrected chi connectivity index (χ2v) is 5.58. The van der Waals surface area contributed by atoms with Crippen molar-refractivity contribution in [3.63, 3.8) is 0 Å². The second kappa shape index (κ2) is 5.36. The van der Waals surface area contributed by atoms with Crippen LogP contribution in [0.15, 0.2) is 22.7 Å². The fourth-order valence-electron chi connectivity index (χ4n) is 2.37. The molecule has 1 N–H and O–H groups in total. The fourth-order valence-corrected chi connectivity index (χ4v) is 2.75. The molecule has 1 heterocycles. The Morgan fingerprint density at radius 1 is 1.61 bits per heavy atom. The number of rotatable bonds is 3. The zero-order valence-electron chi connectivity index (χ0n) is 10.1. The molecule has 1 aromatic carbocycles. The second-order valence-electron chi connectivity index (χ2n) is 4.66. The van der Waals surface area contributed by atoms with Crippen molar-refractivity contribution in [3.8, 4) is 0 Å². The Bertz CT molecular complexity index is 466. The SMILES string of the molecule is CC(c1cc(Br)ccc1F)N1CCC(C(=O)O)C1. The lowest BCUT2D eigenvalue weighted by molar-refractivity contribution is -0.141. The van der Waals surface area contributed by atoms with E-state index in [1.54, 1.807) is 12.1 Å². The predicted octanol–water partition coefficient (Wildman–Crippen LogP) is 3.06. The number of benzene rings is 1. The minimum Gasteiger partial charge on any atom is -0.481 e. The monoisotopic (exact) mass is 315 g/mol. The maximum Gasteiger partial charge on any atom is 0.307 e. The zero-order chi connectivity index (χ0) is 13.3. The molecule has 0 spiro atoms. The summed E-state index contributed by atoms with van der Waals surface area (Å²) in [5, 5.41) is 8.97. The molecule has 0 amide bonds. The summed E-state index contributed by atoms with van der Waals surface area (Å²) in [6.07, 6.45) is 0.634. The van der Waals surface area contributed by atoms with E-state index in [9.17, 15) is 9.18 Å². The Labute approximate surface area is 114 Å². The van der Waals surface area contributed by atoms with E-state index in [1.165, 1.54) is 6.07 Å². The number of carbonyl (C=O) groups is 1. The molecule has 18 heavy (non-hydrogen) atoms. The summed E-state index contributed by atoms with van der Waals surface area (Å²) in [4.78, 5) is 12.9. The first-order valence-electron chi connectivity index (χ1n) is 5.91. The topological polar surface area (TPSA) is 40.5 Å². The molecule has 5 heteroatoms. The minimum atomic E-state index is -0.764. The molecule has 2 atom stereocenters. The van der Waals surface area contributed by atoms with Crippen LogP contribution in [-0.2, 0) is 4.79 Å². The van der Waals surface area contributed by atoms with Crippen LogP contribution in [0, 0.1) is 11.7 Å². The number of hydrogen-bond acceptors (Lipinski definition) is 2. The molecular formula is C13H15BrFNO2. The van der Waals surface area contributed by atoms with E-state index in [4.69, 9.17) is 5.11 Å². The van der Waals surface area contributed by atoms with Gasteiger partial charge in [-0.1, -0.05) is 15.9 Å². The first-order valence-corrected chi connectivity index (χ1v) is 6.70. The van der Waals surface area contributed by atoms with Gasteiger partial charge in [-0.25, -0.2) is 4.39 Å². The Morgan fingerprint density at radius 3 is 2.94 bits per heavy atom. The van der Waals surface area contributed by atoms with E-state index in [-0.39, 0.29) is 17.8 Å². The van der Waals surface area contributed by atoms with Gasteiger partial charge >= 0.3 is 5.97 Å². The largest absolute Gasteiger partial charge is 0.481 e. The van der Waals surface area contributed by atoms with E-state index in [0.29, 0.717) is 25.1 Å². The Kier molecular flexibility index (Phi) is 4.02. The van der Waals surface area contributed by atoms with Crippen molar-refractivity contribution in [2.45, 2.75) is 19.4 Å². The predicted molar refractivity (Wildman–Crippen MR) is 69.8 cm³/mol. The van der Waals surface area contributed by atoms with Crippen molar-refractivity contribution < 1.29 is 14.3 Å². The first-order chi connectivity index (χ1) is 8.49. The number of carboxylic acids is 1. The van der Waals surface area contributed by atoms with Gasteiger partial charge in [0.15, 0.2) is 0 Å². The summed E-state index contributed by atoms with van der Waals surface area (Å²) in [7, 11) is 0. The molecule has 1 saturated heterocycles. The quantitative estimate of drug-likeness (QED) is 0.932. The van der Waals surface area contributed by atoms with Crippen LogP contribution in [0.2, 0.25) is 0 Å². The van der Waals surface area contributed by atoms with Crippen LogP contribution in [0.1, 0.15) is 24.9 Å². The molecule has 0 aliphatic carbocycles. The van der Waals surface area contributed by atoms with E-state index in [0.717, 1.165) is 4.47 Å². The molecule has 0 radical (unpaired) electrons. The van der Waals surface area contributed by atoms with Crippen LogP contribution < -0.4 is 0 Å². The van der Waals surface area contributed by atoms with E-state index in [1.807, 2.05) is 11.8 Å². The number of nitrogens with zero attached hydrogens (tertiary/aromatic N) is 1. The molecule has 2 rings (SSSR count). The van der Waals surface area contributed by atoms with Gasteiger partial charge in [-0.05, 0) is 38.1 Å². The summed E-state index contributed by atoms with van der Waals surface area (Å²) in [6.45, 7) is 3.10. The molecular weight excluding hydrogens is 301 g/mol. The highest BCUT2D eigenvalue weighted by Crippen LogP contribution is 2.30. The lowest BCUT2D eigenvalue weighted by Crippen LogP contribution is -2.26. The van der Waals surface area contributed by atoms with Crippen molar-refractivity contribution >= 4 is 21.9 Å². The van der Waals surface area contributed by atoms with Crippen molar-refractivity contribution in [1.82, 2.24) is 4.90 Å². The third-order valence-electron chi connectivity index (χ3n) is 3.52. The Hall–Kier alpha value is -0.940. The highest BCUT2D eigenvalue weighted by Gasteiger charge is 2.31. The summed E-state index contributed by atoms with van der Waals surface area (Å²) in [5.41, 5.74) is 0.607. The number of halogens is 2. The molecule has 1 aromatic rings. The van der Waals surface area contributed by atoms with Gasteiger partial charge in [0.1, 0.15) is 5.82 Å². The zero-order valence-corrected chi connectivity index (χ0v) is 11.7. The lowest BCUT2D eigenvalue weighted by atomic mass is 10.1. The molecule has 1 aliphatic heterocycles. The van der Waals surface area contributed by atoms with Crippen LogP contribution in [-0.4, -0.2) is 29.1 Å². The van der Waals surface area contributed by atoms with Crippen molar-refractivity contribution in [3.05, 3.63) is 34.1 Å². The summed E-state index contributed by atoms with van der Waals surface area (Å²) >= 11 is 3.33. The minimum absolute atomic E-state index is 0.105. The third kappa shape index (κ3) is 2.72. The van der Waals surface area contributed by atoms with Crippen LogP contribution in [0.3, 0.4) is 0 Å². The van der Waals surface area contributed by atoms with Crippen LogP contribution in [0.4, 0.5) is 4.39 Å². The molecule has 0 aromatic heterocycles. The van der Waals surface area contributed by atoms with E-state index < -0.39 is 5.97 Å². The standard InChI is InChI=1S/C13H15BrFNO2/c1-8(11-6-10(14)2-3-12(11)15)16-5-4-9(7-16)13(17)18/h2-3,6,8-9H,4-5,7H2,1H3,(H,17,18). The van der Waals surface area contributed by atoms with Crippen molar-refractivity contribution in [2.24, 2.45) is 5.92 Å². The molecule has 0 bridgehead atoms. The Morgan fingerprint density at radius 2 is 2.33 bits per heavy atom. The van der Waals surface area contributed by atoms with Crippen LogP contribution in [0.5, 0.6) is 0 Å². The molecule has 2 unspecified atom stereocenters. The smallest absolute Gasteiger partial charge is 0.307 e. The summed E-state index contributed by atoms with van der Waals surface area (Å²) in [5.74, 6) is -1.34. The maximum absolute atomic E-state index is 13.8. The van der Waals surface area contributed by atoms with Gasteiger partial charge in [-0.2, -0.15) is 0 Å². The van der Waals surface area contributed by atoms with E-state index in [2.05, 4.69) is 15.9 Å². The fraction of sp³-hybridized carbons (Fsp3) is 0.462. The number of carboxylic acid groups (broad SMARTS) is 1. The highest BCUT2D eigenvalue weighted by molar-refractivity contribution is 9.10. The van der Waals surface area contributed by atoms with Crippen molar-refractivity contribution in [2.75, 3.05) is 13.1 Å². The highest BCUT2D eigenvalue weighted by atomic mass is 79.9. The average molecular weight is 316 g/mol. The molecule has 1 fully saturated rings. The molecule has 98 valence electrons. The van der Waals surface area contributed by atoms with Gasteiger partial charge < -0.3 is 5.11 Å². The van der Waals surface area contributed by atoms with Crippen LogP contribution >= 0.6 is 15.9 Å².